The molecular formula is C24H21N3O4S. The third kappa shape index (κ3) is 5.16. The summed E-state index contributed by atoms with van der Waals surface area (Å²) in [5.41, 5.74) is 1.75. The van der Waals surface area contributed by atoms with Crippen molar-refractivity contribution in [2.75, 3.05) is 24.9 Å². The van der Waals surface area contributed by atoms with E-state index in [1.54, 1.807) is 56.0 Å². The van der Waals surface area contributed by atoms with Crippen molar-refractivity contribution in [3.8, 4) is 23.0 Å². The van der Waals surface area contributed by atoms with Crippen LogP contribution in [-0.4, -0.2) is 25.1 Å². The lowest BCUT2D eigenvalue weighted by Crippen LogP contribution is -2.12. The molecule has 0 saturated heterocycles. The molecule has 1 aromatic heterocycles. The molecule has 0 aliphatic rings. The number of anilines is 3. The van der Waals surface area contributed by atoms with E-state index in [4.69, 9.17) is 14.2 Å². The molecule has 0 radical (unpaired) electrons. The van der Waals surface area contributed by atoms with Crippen LogP contribution in [-0.2, 0) is 0 Å². The summed E-state index contributed by atoms with van der Waals surface area (Å²) in [5, 5.41) is 8.31. The Labute approximate surface area is 189 Å². The van der Waals surface area contributed by atoms with E-state index in [9.17, 15) is 4.79 Å². The second-order valence-electron chi connectivity index (χ2n) is 6.63. The Morgan fingerprint density at radius 1 is 0.844 bits per heavy atom. The molecule has 1 amide bonds. The van der Waals surface area contributed by atoms with Crippen LogP contribution in [0.5, 0.6) is 23.0 Å². The predicted octanol–water partition coefficient (Wildman–Crippen LogP) is 5.95. The SMILES string of the molecule is COc1ccc(Nc2nc(C(=O)Nc3ccc(Oc4ccccc4)cc3)cs2)cc1OC. The van der Waals surface area contributed by atoms with Crippen LogP contribution in [0, 0.1) is 0 Å². The zero-order chi connectivity index (χ0) is 22.3. The maximum atomic E-state index is 12.6. The summed E-state index contributed by atoms with van der Waals surface area (Å²) < 4.78 is 16.3. The number of hydrogen-bond acceptors (Lipinski definition) is 7. The first kappa shape index (κ1) is 21.2. The highest BCUT2D eigenvalue weighted by atomic mass is 32.1. The fraction of sp³-hybridized carbons (Fsp3) is 0.0833. The van der Waals surface area contributed by atoms with Crippen molar-refractivity contribution < 1.29 is 19.0 Å². The van der Waals surface area contributed by atoms with Gasteiger partial charge in [0.1, 0.15) is 17.2 Å². The number of ether oxygens (including phenoxy) is 3. The van der Waals surface area contributed by atoms with Crippen molar-refractivity contribution in [1.82, 2.24) is 4.98 Å². The molecule has 3 aromatic carbocycles. The first-order chi connectivity index (χ1) is 15.6. The third-order valence-electron chi connectivity index (χ3n) is 4.46. The second kappa shape index (κ2) is 9.84. The molecule has 0 unspecified atom stereocenters. The number of nitrogens with one attached hydrogen (secondary N) is 2. The Morgan fingerprint density at radius 2 is 1.53 bits per heavy atom. The van der Waals surface area contributed by atoms with E-state index >= 15 is 0 Å². The van der Waals surface area contributed by atoms with Crippen LogP contribution in [0.15, 0.2) is 78.2 Å². The Morgan fingerprint density at radius 3 is 2.25 bits per heavy atom. The van der Waals surface area contributed by atoms with Crippen LogP contribution in [0.1, 0.15) is 10.5 Å². The molecule has 1 heterocycles. The van der Waals surface area contributed by atoms with Crippen molar-refractivity contribution in [3.63, 3.8) is 0 Å². The molecule has 0 aliphatic heterocycles. The molecule has 0 spiro atoms. The molecule has 7 nitrogen and oxygen atoms in total. The number of aromatic nitrogens is 1. The van der Waals surface area contributed by atoms with Crippen LogP contribution in [0.25, 0.3) is 0 Å². The molecule has 4 rings (SSSR count). The van der Waals surface area contributed by atoms with E-state index in [0.717, 1.165) is 11.4 Å². The van der Waals surface area contributed by atoms with Gasteiger partial charge in [0.05, 0.1) is 14.2 Å². The standard InChI is InChI=1S/C24H21N3O4S/c1-29-21-13-10-17(14-22(21)30-2)26-24-27-20(15-32-24)23(28)25-16-8-11-19(12-9-16)31-18-6-4-3-5-7-18/h3-15H,1-2H3,(H,25,28)(H,26,27). The quantitative estimate of drug-likeness (QED) is 0.347. The van der Waals surface area contributed by atoms with Gasteiger partial charge >= 0.3 is 0 Å². The molecule has 4 aromatic rings. The molecule has 0 atom stereocenters. The Bertz CT molecular complexity index is 1190. The molecule has 0 saturated carbocycles. The predicted molar refractivity (Wildman–Crippen MR) is 126 cm³/mol. The number of hydrogen-bond donors (Lipinski definition) is 2. The topological polar surface area (TPSA) is 81.7 Å². The summed E-state index contributed by atoms with van der Waals surface area (Å²) in [6.45, 7) is 0. The minimum Gasteiger partial charge on any atom is -0.493 e. The fourth-order valence-corrected chi connectivity index (χ4v) is 3.61. The number of thiazole rings is 1. The van der Waals surface area contributed by atoms with E-state index < -0.39 is 0 Å². The molecule has 162 valence electrons. The van der Waals surface area contributed by atoms with Crippen molar-refractivity contribution in [3.05, 3.63) is 83.9 Å². The Balaban J connectivity index is 1.37. The normalized spacial score (nSPS) is 10.3. The highest BCUT2D eigenvalue weighted by molar-refractivity contribution is 7.14. The van der Waals surface area contributed by atoms with E-state index in [-0.39, 0.29) is 5.91 Å². The van der Waals surface area contributed by atoms with Crippen molar-refractivity contribution in [1.29, 1.82) is 0 Å². The number of benzene rings is 3. The van der Waals surface area contributed by atoms with Crippen molar-refractivity contribution in [2.45, 2.75) is 0 Å². The van der Waals surface area contributed by atoms with Gasteiger partial charge < -0.3 is 24.8 Å². The first-order valence-electron chi connectivity index (χ1n) is 9.73. The second-order valence-corrected chi connectivity index (χ2v) is 7.48. The zero-order valence-corrected chi connectivity index (χ0v) is 18.3. The van der Waals surface area contributed by atoms with Crippen molar-refractivity contribution >= 4 is 33.8 Å². The minimum absolute atomic E-state index is 0.293. The van der Waals surface area contributed by atoms with Gasteiger partial charge in [0.2, 0.25) is 0 Å². The maximum absolute atomic E-state index is 12.6. The van der Waals surface area contributed by atoms with Crippen LogP contribution in [0.3, 0.4) is 0 Å². The summed E-state index contributed by atoms with van der Waals surface area (Å²) >= 11 is 1.34. The van der Waals surface area contributed by atoms with Gasteiger partial charge in [-0.3, -0.25) is 4.79 Å². The number of nitrogens with zero attached hydrogens (tertiary/aromatic N) is 1. The molecule has 0 bridgehead atoms. The largest absolute Gasteiger partial charge is 0.493 e. The minimum atomic E-state index is -0.293. The fourth-order valence-electron chi connectivity index (χ4n) is 2.90. The number of carbonyl (C=O) groups excluding carboxylic acids is 1. The van der Waals surface area contributed by atoms with Gasteiger partial charge in [-0.25, -0.2) is 4.98 Å². The van der Waals surface area contributed by atoms with Crippen LogP contribution >= 0.6 is 11.3 Å². The number of methoxy groups -OCH3 is 2. The van der Waals surface area contributed by atoms with Gasteiger partial charge in [0.25, 0.3) is 5.91 Å². The van der Waals surface area contributed by atoms with Crippen LogP contribution in [0.2, 0.25) is 0 Å². The van der Waals surface area contributed by atoms with Crippen molar-refractivity contribution in [2.24, 2.45) is 0 Å². The van der Waals surface area contributed by atoms with Gasteiger partial charge in [-0.05, 0) is 48.5 Å². The Hall–Kier alpha value is -4.04. The molecular weight excluding hydrogens is 426 g/mol. The average molecular weight is 448 g/mol. The van der Waals surface area contributed by atoms with Crippen LogP contribution < -0.4 is 24.8 Å². The molecule has 2 N–H and O–H groups in total. The Kier molecular flexibility index (Phi) is 6.52. The lowest BCUT2D eigenvalue weighted by Gasteiger charge is -2.09. The first-order valence-corrected chi connectivity index (χ1v) is 10.6. The summed E-state index contributed by atoms with van der Waals surface area (Å²) in [7, 11) is 3.16. The summed E-state index contributed by atoms with van der Waals surface area (Å²) in [4.78, 5) is 16.9. The molecule has 8 heteroatoms. The zero-order valence-electron chi connectivity index (χ0n) is 17.5. The van der Waals surface area contributed by atoms with Gasteiger partial charge in [-0.1, -0.05) is 18.2 Å². The lowest BCUT2D eigenvalue weighted by atomic mass is 10.3. The number of rotatable bonds is 8. The maximum Gasteiger partial charge on any atom is 0.275 e. The number of amides is 1. The molecule has 0 aliphatic carbocycles. The summed E-state index contributed by atoms with van der Waals surface area (Å²) in [6.07, 6.45) is 0. The highest BCUT2D eigenvalue weighted by Gasteiger charge is 2.12. The molecule has 0 fully saturated rings. The monoisotopic (exact) mass is 447 g/mol. The third-order valence-corrected chi connectivity index (χ3v) is 5.22. The van der Waals surface area contributed by atoms with Gasteiger partial charge in [-0.15, -0.1) is 11.3 Å². The summed E-state index contributed by atoms with van der Waals surface area (Å²) in [6, 6.07) is 22.1. The number of carbonyl (C=O) groups is 1. The lowest BCUT2D eigenvalue weighted by molar-refractivity contribution is 0.102. The summed E-state index contributed by atoms with van der Waals surface area (Å²) in [5.74, 6) is 2.38. The number of para-hydroxylation sites is 1. The van der Waals surface area contributed by atoms with E-state index in [1.807, 2.05) is 36.4 Å². The average Bonchev–Trinajstić information content (AvgIpc) is 3.29. The molecule has 32 heavy (non-hydrogen) atoms. The van der Waals surface area contributed by atoms with Gasteiger partial charge in [0.15, 0.2) is 16.6 Å². The van der Waals surface area contributed by atoms with Gasteiger partial charge in [-0.2, -0.15) is 0 Å². The smallest absolute Gasteiger partial charge is 0.275 e. The highest BCUT2D eigenvalue weighted by Crippen LogP contribution is 2.32. The van der Waals surface area contributed by atoms with E-state index in [2.05, 4.69) is 15.6 Å². The van der Waals surface area contributed by atoms with Crippen LogP contribution in [0.4, 0.5) is 16.5 Å². The van der Waals surface area contributed by atoms with E-state index in [0.29, 0.717) is 33.8 Å². The van der Waals surface area contributed by atoms with Gasteiger partial charge in [0, 0.05) is 22.8 Å². The van der Waals surface area contributed by atoms with E-state index in [1.165, 1.54) is 11.3 Å².